The largest absolute Gasteiger partial charge is 0.466 e. The molecule has 1 saturated carbocycles. The second-order valence-corrected chi connectivity index (χ2v) is 5.09. The van der Waals surface area contributed by atoms with Gasteiger partial charge >= 0.3 is 5.97 Å². The Labute approximate surface area is 110 Å². The van der Waals surface area contributed by atoms with E-state index in [-0.39, 0.29) is 12.3 Å². The molecule has 0 radical (unpaired) electrons. The molecule has 0 bridgehead atoms. The van der Waals surface area contributed by atoms with E-state index in [2.05, 4.69) is 0 Å². The Kier molecular flexibility index (Phi) is 6.76. The molecule has 1 amide bonds. The Morgan fingerprint density at radius 2 is 1.89 bits per heavy atom. The molecule has 4 heteroatoms. The molecule has 0 saturated heterocycles. The maximum Gasteiger partial charge on any atom is 0.315 e. The van der Waals surface area contributed by atoms with E-state index in [1.807, 2.05) is 0 Å². The number of carbonyl (C=O) groups is 2. The van der Waals surface area contributed by atoms with Crippen molar-refractivity contribution < 1.29 is 14.3 Å². The van der Waals surface area contributed by atoms with Crippen LogP contribution in [0.2, 0.25) is 0 Å². The SMILES string of the molecule is CCOC(=O)CC(=O)N(C)CCC1CCCCC1. The number of rotatable bonds is 6. The van der Waals surface area contributed by atoms with Gasteiger partial charge in [-0.1, -0.05) is 32.1 Å². The van der Waals surface area contributed by atoms with Crippen LogP contribution in [0.4, 0.5) is 0 Å². The molecule has 104 valence electrons. The minimum absolute atomic E-state index is 0.130. The Morgan fingerprint density at radius 1 is 1.22 bits per heavy atom. The van der Waals surface area contributed by atoms with Crippen LogP contribution in [0.5, 0.6) is 0 Å². The molecule has 1 aliphatic carbocycles. The number of nitrogens with zero attached hydrogens (tertiary/aromatic N) is 1. The third-order valence-corrected chi connectivity index (χ3v) is 3.62. The van der Waals surface area contributed by atoms with Crippen molar-refractivity contribution in [1.82, 2.24) is 4.90 Å². The summed E-state index contributed by atoms with van der Waals surface area (Å²) in [4.78, 5) is 24.6. The van der Waals surface area contributed by atoms with Crippen molar-refractivity contribution in [3.8, 4) is 0 Å². The van der Waals surface area contributed by atoms with E-state index in [9.17, 15) is 9.59 Å². The first kappa shape index (κ1) is 15.0. The normalized spacial score (nSPS) is 16.3. The van der Waals surface area contributed by atoms with Crippen molar-refractivity contribution in [3.63, 3.8) is 0 Å². The van der Waals surface area contributed by atoms with E-state index >= 15 is 0 Å². The van der Waals surface area contributed by atoms with Gasteiger partial charge in [0.05, 0.1) is 6.61 Å². The van der Waals surface area contributed by atoms with Gasteiger partial charge in [0.25, 0.3) is 0 Å². The predicted octanol–water partition coefficient (Wildman–Crippen LogP) is 2.37. The first-order valence-corrected chi connectivity index (χ1v) is 7.03. The number of amides is 1. The highest BCUT2D eigenvalue weighted by atomic mass is 16.5. The third kappa shape index (κ3) is 5.52. The lowest BCUT2D eigenvalue weighted by Crippen LogP contribution is -2.31. The van der Waals surface area contributed by atoms with Gasteiger partial charge in [-0.2, -0.15) is 0 Å². The van der Waals surface area contributed by atoms with Crippen LogP contribution in [0.25, 0.3) is 0 Å². The minimum atomic E-state index is -0.424. The van der Waals surface area contributed by atoms with Gasteiger partial charge < -0.3 is 9.64 Å². The fourth-order valence-corrected chi connectivity index (χ4v) is 2.45. The number of carbonyl (C=O) groups excluding carboxylic acids is 2. The minimum Gasteiger partial charge on any atom is -0.466 e. The summed E-state index contributed by atoms with van der Waals surface area (Å²) in [5.74, 6) is 0.202. The Morgan fingerprint density at radius 3 is 2.50 bits per heavy atom. The molecule has 1 aliphatic rings. The molecular formula is C14H25NO3. The smallest absolute Gasteiger partial charge is 0.315 e. The van der Waals surface area contributed by atoms with Crippen LogP contribution in [0.3, 0.4) is 0 Å². The van der Waals surface area contributed by atoms with Crippen LogP contribution in [-0.4, -0.2) is 37.0 Å². The summed E-state index contributed by atoms with van der Waals surface area (Å²) in [6.45, 7) is 2.83. The van der Waals surface area contributed by atoms with Crippen molar-refractivity contribution in [2.45, 2.75) is 51.9 Å². The van der Waals surface area contributed by atoms with Crippen LogP contribution in [0.15, 0.2) is 0 Å². The summed E-state index contributed by atoms with van der Waals surface area (Å²) in [5.41, 5.74) is 0. The van der Waals surface area contributed by atoms with Crippen molar-refractivity contribution in [2.24, 2.45) is 5.92 Å². The average molecular weight is 255 g/mol. The second-order valence-electron chi connectivity index (χ2n) is 5.09. The van der Waals surface area contributed by atoms with Gasteiger partial charge in [-0.3, -0.25) is 9.59 Å². The summed E-state index contributed by atoms with van der Waals surface area (Å²) in [6.07, 6.45) is 7.52. The zero-order valence-corrected chi connectivity index (χ0v) is 11.6. The van der Waals surface area contributed by atoms with Gasteiger partial charge in [0, 0.05) is 13.6 Å². The Balaban J connectivity index is 2.20. The van der Waals surface area contributed by atoms with Gasteiger partial charge in [0.15, 0.2) is 0 Å². The molecule has 18 heavy (non-hydrogen) atoms. The zero-order chi connectivity index (χ0) is 13.4. The van der Waals surface area contributed by atoms with Crippen LogP contribution >= 0.6 is 0 Å². The molecule has 1 fully saturated rings. The number of hydrogen-bond acceptors (Lipinski definition) is 3. The highest BCUT2D eigenvalue weighted by Crippen LogP contribution is 2.26. The molecule has 0 atom stereocenters. The number of ether oxygens (including phenoxy) is 1. The van der Waals surface area contributed by atoms with E-state index < -0.39 is 5.97 Å². The summed E-state index contributed by atoms with van der Waals surface area (Å²) >= 11 is 0. The molecule has 0 aliphatic heterocycles. The zero-order valence-electron chi connectivity index (χ0n) is 11.6. The molecule has 0 aromatic carbocycles. The standard InChI is InChI=1S/C14H25NO3/c1-3-18-14(17)11-13(16)15(2)10-9-12-7-5-4-6-8-12/h12H,3-11H2,1-2H3. The lowest BCUT2D eigenvalue weighted by molar-refractivity contribution is -0.148. The maximum atomic E-state index is 11.7. The van der Waals surface area contributed by atoms with Crippen molar-refractivity contribution >= 4 is 11.9 Å². The van der Waals surface area contributed by atoms with Gasteiger partial charge in [-0.15, -0.1) is 0 Å². The van der Waals surface area contributed by atoms with Gasteiger partial charge in [-0.25, -0.2) is 0 Å². The molecule has 0 spiro atoms. The average Bonchev–Trinajstić information content (AvgIpc) is 2.37. The molecule has 4 nitrogen and oxygen atoms in total. The Hall–Kier alpha value is -1.06. The number of esters is 1. The van der Waals surface area contributed by atoms with Crippen molar-refractivity contribution in [1.29, 1.82) is 0 Å². The molecule has 1 rings (SSSR count). The van der Waals surface area contributed by atoms with Crippen molar-refractivity contribution in [3.05, 3.63) is 0 Å². The van der Waals surface area contributed by atoms with E-state index in [1.165, 1.54) is 32.1 Å². The molecule has 0 heterocycles. The quantitative estimate of drug-likeness (QED) is 0.540. The monoisotopic (exact) mass is 255 g/mol. The maximum absolute atomic E-state index is 11.7. The van der Waals surface area contributed by atoms with E-state index in [0.717, 1.165) is 18.9 Å². The first-order chi connectivity index (χ1) is 8.63. The fourth-order valence-electron chi connectivity index (χ4n) is 2.45. The van der Waals surface area contributed by atoms with E-state index in [4.69, 9.17) is 4.74 Å². The highest BCUT2D eigenvalue weighted by Gasteiger charge is 2.17. The van der Waals surface area contributed by atoms with Crippen LogP contribution in [0, 0.1) is 5.92 Å². The van der Waals surface area contributed by atoms with Crippen molar-refractivity contribution in [2.75, 3.05) is 20.2 Å². The number of hydrogen-bond donors (Lipinski definition) is 0. The summed E-state index contributed by atoms with van der Waals surface area (Å²) in [7, 11) is 1.77. The molecule has 0 N–H and O–H groups in total. The third-order valence-electron chi connectivity index (χ3n) is 3.62. The lowest BCUT2D eigenvalue weighted by Gasteiger charge is -2.24. The van der Waals surface area contributed by atoms with Gasteiger partial charge in [0.2, 0.25) is 5.91 Å². The molecule has 0 aromatic heterocycles. The Bertz CT molecular complexity index is 272. The van der Waals surface area contributed by atoms with Crippen LogP contribution < -0.4 is 0 Å². The summed E-state index contributed by atoms with van der Waals surface area (Å²) in [5, 5.41) is 0. The van der Waals surface area contributed by atoms with Crippen LogP contribution in [0.1, 0.15) is 51.9 Å². The van der Waals surface area contributed by atoms with Crippen LogP contribution in [-0.2, 0) is 14.3 Å². The highest BCUT2D eigenvalue weighted by molar-refractivity contribution is 5.94. The van der Waals surface area contributed by atoms with Gasteiger partial charge in [0.1, 0.15) is 6.42 Å². The first-order valence-electron chi connectivity index (χ1n) is 7.03. The summed E-state index contributed by atoms with van der Waals surface area (Å²) < 4.78 is 4.77. The topological polar surface area (TPSA) is 46.6 Å². The lowest BCUT2D eigenvalue weighted by atomic mass is 9.87. The fraction of sp³-hybridized carbons (Fsp3) is 0.857. The molecular weight excluding hydrogens is 230 g/mol. The van der Waals surface area contributed by atoms with E-state index in [1.54, 1.807) is 18.9 Å². The predicted molar refractivity (Wildman–Crippen MR) is 70.1 cm³/mol. The molecule has 0 aromatic rings. The summed E-state index contributed by atoms with van der Waals surface area (Å²) in [6, 6.07) is 0. The molecule has 0 unspecified atom stereocenters. The van der Waals surface area contributed by atoms with E-state index in [0.29, 0.717) is 6.61 Å². The van der Waals surface area contributed by atoms with Gasteiger partial charge in [-0.05, 0) is 19.3 Å². The second kappa shape index (κ2) is 8.11.